The fourth-order valence-corrected chi connectivity index (χ4v) is 11.6. The molecule has 0 rings (SSSR count). The van der Waals surface area contributed by atoms with Crippen molar-refractivity contribution in [2.24, 2.45) is 0 Å². The second-order valence-corrected chi connectivity index (χ2v) is 29.5. The smallest absolute Gasteiger partial charge is 0.462 e. The lowest BCUT2D eigenvalue weighted by molar-refractivity contribution is -0.161. The Morgan fingerprint density at radius 3 is 0.818 bits per heavy atom. The Hall–Kier alpha value is -6.36. The zero-order valence-electron chi connectivity index (χ0n) is 67.8. The van der Waals surface area contributed by atoms with E-state index in [2.05, 4.69) is 204 Å². The number of phosphoric acid groups is 2. The van der Waals surface area contributed by atoms with Gasteiger partial charge in [-0.2, -0.15) is 0 Å². The third-order valence-corrected chi connectivity index (χ3v) is 18.1. The second-order valence-electron chi connectivity index (χ2n) is 26.6. The standard InChI is InChI=1S/C91H144O17P2/c1-5-9-13-17-21-25-29-33-37-40-42-45-48-51-55-59-63-67-71-75-88(93)101-81-86(107-90(95)77-73-69-65-61-57-53-47-36-32-28-24-20-16-12-8-4)83-105-109(97,98)103-79-85(92)80-104-110(99,100)106-84-87(108-91(96)78-74-70-66-62-58-54-50-44-39-35-31-27-23-19-15-11-7-3)82-102-89(94)76-72-68-64-60-56-52-49-46-43-41-38-34-30-26-22-18-14-10-6-2/h9,11-13,15-16,21-28,33-39,42-43,45-47,50-51,54-55,62-63,66-67,85-87,92H,5-8,10,14,17-20,29-32,40-41,44,48-49,52-53,56-61,64-65,68-84H2,1-4H3,(H,97,98)(H,99,100)/b13-9-,15-11-,16-12-,25-21-,26-22-,27-23-,28-24-,37-33-,38-34-,39-35-,45-42-,46-43-,47-36-,54-50-,55-51-,66-62-,67-63-. The summed E-state index contributed by atoms with van der Waals surface area (Å²) < 4.78 is 68.6. The predicted molar refractivity (Wildman–Crippen MR) is 454 cm³/mol. The summed E-state index contributed by atoms with van der Waals surface area (Å²) in [6, 6.07) is 0. The van der Waals surface area contributed by atoms with Gasteiger partial charge in [0.2, 0.25) is 0 Å². The average Bonchev–Trinajstić information content (AvgIpc) is 0.899. The minimum Gasteiger partial charge on any atom is -0.462 e. The molecule has 0 aliphatic heterocycles. The van der Waals surface area contributed by atoms with Crippen molar-refractivity contribution in [2.75, 3.05) is 39.6 Å². The molecule has 0 aliphatic carbocycles. The molecule has 0 saturated carbocycles. The van der Waals surface area contributed by atoms with Crippen LogP contribution in [0.25, 0.3) is 0 Å². The fourth-order valence-electron chi connectivity index (χ4n) is 10.1. The van der Waals surface area contributed by atoms with Crippen LogP contribution in [0.3, 0.4) is 0 Å². The third kappa shape index (κ3) is 79.7. The highest BCUT2D eigenvalue weighted by Gasteiger charge is 2.30. The fraction of sp³-hybridized carbons (Fsp3) is 0.582. The summed E-state index contributed by atoms with van der Waals surface area (Å²) in [5.74, 6) is -2.40. The highest BCUT2D eigenvalue weighted by atomic mass is 31.2. The highest BCUT2D eigenvalue weighted by Crippen LogP contribution is 2.45. The van der Waals surface area contributed by atoms with Crippen molar-refractivity contribution in [2.45, 2.75) is 303 Å². The number of hydrogen-bond acceptors (Lipinski definition) is 15. The van der Waals surface area contributed by atoms with E-state index in [-0.39, 0.29) is 25.7 Å². The lowest BCUT2D eigenvalue weighted by atomic mass is 10.1. The lowest BCUT2D eigenvalue weighted by Gasteiger charge is -2.21. The van der Waals surface area contributed by atoms with E-state index in [9.17, 15) is 43.2 Å². The minimum absolute atomic E-state index is 0.00324. The van der Waals surface area contributed by atoms with Gasteiger partial charge in [-0.15, -0.1) is 0 Å². The van der Waals surface area contributed by atoms with Gasteiger partial charge in [-0.05, 0) is 173 Å². The number of ether oxygens (including phenoxy) is 4. The van der Waals surface area contributed by atoms with Gasteiger partial charge in [0.1, 0.15) is 19.3 Å². The van der Waals surface area contributed by atoms with Crippen molar-refractivity contribution >= 4 is 39.5 Å². The summed E-state index contributed by atoms with van der Waals surface area (Å²) in [5.41, 5.74) is 0. The maximum atomic E-state index is 13.1. The van der Waals surface area contributed by atoms with Crippen LogP contribution in [0.1, 0.15) is 285 Å². The first-order valence-corrected chi connectivity index (χ1v) is 44.3. The van der Waals surface area contributed by atoms with Crippen LogP contribution >= 0.6 is 15.6 Å². The molecule has 0 aromatic carbocycles. The maximum Gasteiger partial charge on any atom is 0.472 e. The van der Waals surface area contributed by atoms with Crippen LogP contribution in [0.4, 0.5) is 0 Å². The van der Waals surface area contributed by atoms with Crippen LogP contribution in [-0.4, -0.2) is 96.7 Å². The van der Waals surface area contributed by atoms with E-state index < -0.39 is 97.5 Å². The van der Waals surface area contributed by atoms with Gasteiger partial charge < -0.3 is 33.8 Å². The Balaban J connectivity index is 5.53. The van der Waals surface area contributed by atoms with Crippen molar-refractivity contribution < 1.29 is 80.2 Å². The maximum absolute atomic E-state index is 13.1. The van der Waals surface area contributed by atoms with Crippen LogP contribution in [0, 0.1) is 0 Å². The molecule has 5 atom stereocenters. The topological polar surface area (TPSA) is 237 Å². The number of aliphatic hydroxyl groups excluding tert-OH is 1. The number of carbonyl (C=O) groups is 4. The Kier molecular flexibility index (Phi) is 76.0. The van der Waals surface area contributed by atoms with E-state index in [0.29, 0.717) is 38.5 Å². The van der Waals surface area contributed by atoms with E-state index in [1.807, 2.05) is 30.4 Å². The molecule has 0 radical (unpaired) electrons. The molecule has 5 unspecified atom stereocenters. The van der Waals surface area contributed by atoms with Gasteiger partial charge in [0.15, 0.2) is 12.2 Å². The zero-order chi connectivity index (χ0) is 80.3. The number of hydrogen-bond donors (Lipinski definition) is 3. The van der Waals surface area contributed by atoms with Gasteiger partial charge in [0, 0.05) is 25.7 Å². The Labute approximate surface area is 665 Å². The zero-order valence-corrected chi connectivity index (χ0v) is 69.6. The van der Waals surface area contributed by atoms with E-state index in [0.717, 1.165) is 173 Å². The molecule has 110 heavy (non-hydrogen) atoms. The first-order valence-electron chi connectivity index (χ1n) is 41.3. The van der Waals surface area contributed by atoms with Crippen molar-refractivity contribution in [3.8, 4) is 0 Å². The molecular formula is C91H144O17P2. The van der Waals surface area contributed by atoms with Gasteiger partial charge in [-0.3, -0.25) is 37.3 Å². The van der Waals surface area contributed by atoms with E-state index in [1.54, 1.807) is 0 Å². The molecule has 17 nitrogen and oxygen atoms in total. The summed E-state index contributed by atoms with van der Waals surface area (Å²) in [4.78, 5) is 73.1. The predicted octanol–water partition coefficient (Wildman–Crippen LogP) is 24.7. The molecule has 0 heterocycles. The van der Waals surface area contributed by atoms with Gasteiger partial charge in [-0.25, -0.2) is 9.13 Å². The number of carbonyl (C=O) groups excluding carboxylic acids is 4. The number of esters is 4. The molecule has 620 valence electrons. The highest BCUT2D eigenvalue weighted by molar-refractivity contribution is 7.47. The molecule has 3 N–H and O–H groups in total. The molecule has 0 aliphatic rings. The summed E-state index contributed by atoms with van der Waals surface area (Å²) >= 11 is 0. The van der Waals surface area contributed by atoms with Crippen molar-refractivity contribution in [1.29, 1.82) is 0 Å². The molecular weight excluding hydrogens is 1430 g/mol. The molecule has 0 aromatic heterocycles. The van der Waals surface area contributed by atoms with Crippen molar-refractivity contribution in [1.82, 2.24) is 0 Å². The quantitative estimate of drug-likeness (QED) is 0.0169. The van der Waals surface area contributed by atoms with Crippen LogP contribution in [0.15, 0.2) is 207 Å². The van der Waals surface area contributed by atoms with Crippen LogP contribution in [0.2, 0.25) is 0 Å². The summed E-state index contributed by atoms with van der Waals surface area (Å²) in [6.07, 6.45) is 101. The van der Waals surface area contributed by atoms with E-state index >= 15 is 0 Å². The Morgan fingerprint density at radius 2 is 0.500 bits per heavy atom. The Bertz CT molecular complexity index is 2900. The molecule has 0 spiro atoms. The van der Waals surface area contributed by atoms with Gasteiger partial charge >= 0.3 is 39.5 Å². The molecule has 0 amide bonds. The van der Waals surface area contributed by atoms with E-state index in [1.165, 1.54) is 19.3 Å². The van der Waals surface area contributed by atoms with Gasteiger partial charge in [0.05, 0.1) is 26.4 Å². The van der Waals surface area contributed by atoms with Gasteiger partial charge in [-0.1, -0.05) is 292 Å². The third-order valence-electron chi connectivity index (χ3n) is 16.2. The van der Waals surface area contributed by atoms with Crippen molar-refractivity contribution in [3.63, 3.8) is 0 Å². The molecule has 0 saturated heterocycles. The molecule has 19 heteroatoms. The molecule has 0 bridgehead atoms. The summed E-state index contributed by atoms with van der Waals surface area (Å²) in [6.45, 7) is 4.30. The average molecular weight is 1570 g/mol. The van der Waals surface area contributed by atoms with Crippen LogP contribution in [0.5, 0.6) is 0 Å². The number of unbranched alkanes of at least 4 members (excludes halogenated alkanes) is 15. The number of rotatable bonds is 75. The SMILES string of the molecule is CC/C=C\C/C=C\C/C=C\C/C=C\C/C=C\C/C=C\CCC(=O)OCC(COP(=O)(O)OCC(O)COP(=O)(O)OCC(COC(=O)CCCCCCCC/C=C\C/C=C\C/C=C\CCCCC)OC(=O)CCC/C=C\C/C=C\C/C=C\C/C=C\C/C=C\CC)OC(=O)CCCCCCC/C=C\C/C=C\C/C=C\CC. The van der Waals surface area contributed by atoms with Crippen molar-refractivity contribution in [3.05, 3.63) is 207 Å². The number of aliphatic hydroxyl groups is 1. The van der Waals surface area contributed by atoms with Crippen LogP contribution < -0.4 is 0 Å². The second kappa shape index (κ2) is 80.7. The first-order chi connectivity index (χ1) is 53.7. The largest absolute Gasteiger partial charge is 0.472 e. The van der Waals surface area contributed by atoms with E-state index in [4.69, 9.17) is 37.0 Å². The first kappa shape index (κ1) is 104. The summed E-state index contributed by atoms with van der Waals surface area (Å²) in [7, 11) is -10.0. The molecule has 0 aromatic rings. The summed E-state index contributed by atoms with van der Waals surface area (Å²) in [5, 5.41) is 10.7. The number of allylic oxidation sites excluding steroid dienone is 34. The minimum atomic E-state index is -5.02. The lowest BCUT2D eigenvalue weighted by Crippen LogP contribution is -2.30. The molecule has 0 fully saturated rings. The van der Waals surface area contributed by atoms with Crippen LogP contribution in [-0.2, 0) is 65.4 Å². The number of phosphoric ester groups is 2. The normalized spacial score (nSPS) is 14.9. The van der Waals surface area contributed by atoms with Gasteiger partial charge in [0.25, 0.3) is 0 Å². The monoisotopic (exact) mass is 1570 g/mol. The Morgan fingerprint density at radius 1 is 0.264 bits per heavy atom.